The number of aliphatic hydroxyl groups excluding tert-OH is 1. The van der Waals surface area contributed by atoms with E-state index in [9.17, 15) is 9.59 Å². The summed E-state index contributed by atoms with van der Waals surface area (Å²) >= 11 is 0. The van der Waals surface area contributed by atoms with Crippen LogP contribution in [-0.2, 0) is 0 Å². The molecular weight excluding hydrogens is 178 g/mol. The first-order chi connectivity index (χ1) is 6.20. The molecule has 0 aromatic heterocycles. The van der Waals surface area contributed by atoms with E-state index in [1.165, 1.54) is 0 Å². The Kier molecular flexibility index (Phi) is 5.89. The second-order valence-corrected chi connectivity index (χ2v) is 1.83. The van der Waals surface area contributed by atoms with Gasteiger partial charge in [-0.2, -0.15) is 5.10 Å². The highest BCUT2D eigenvalue weighted by molar-refractivity contribution is 5.79. The molecule has 0 unspecified atom stereocenters. The van der Waals surface area contributed by atoms with Gasteiger partial charge in [0.15, 0.2) is 0 Å². The van der Waals surface area contributed by atoms with Crippen molar-refractivity contribution in [1.29, 1.82) is 0 Å². The molecule has 4 amide bonds. The fourth-order valence-corrected chi connectivity index (χ4v) is 0.427. The molecule has 0 fully saturated rings. The van der Waals surface area contributed by atoms with Crippen LogP contribution in [-0.4, -0.2) is 37.0 Å². The molecule has 0 aliphatic rings. The molecule has 13 heavy (non-hydrogen) atoms. The van der Waals surface area contributed by atoms with E-state index in [1.54, 1.807) is 0 Å². The number of urea groups is 2. The Morgan fingerprint density at radius 2 is 1.92 bits per heavy atom. The molecule has 0 aliphatic carbocycles. The van der Waals surface area contributed by atoms with Gasteiger partial charge in [0.05, 0.1) is 6.61 Å². The van der Waals surface area contributed by atoms with Gasteiger partial charge in [-0.3, -0.25) is 0 Å². The van der Waals surface area contributed by atoms with Gasteiger partial charge in [0.25, 0.3) is 0 Å². The molecule has 0 bridgehead atoms. The zero-order valence-corrected chi connectivity index (χ0v) is 6.83. The Bertz CT molecular complexity index is 195. The average Bonchev–Trinajstić information content (AvgIpc) is 2.12. The van der Waals surface area contributed by atoms with Crippen LogP contribution in [0.4, 0.5) is 9.59 Å². The lowest BCUT2D eigenvalue weighted by Gasteiger charge is -2.06. The third-order valence-corrected chi connectivity index (χ3v) is 0.868. The fraction of sp³-hybridized carbons (Fsp3) is 0.400. The first-order valence-electron chi connectivity index (χ1n) is 3.37. The van der Waals surface area contributed by atoms with E-state index in [4.69, 9.17) is 5.11 Å². The maximum Gasteiger partial charge on any atom is 0.353 e. The van der Waals surface area contributed by atoms with E-state index in [-0.39, 0.29) is 13.2 Å². The zero-order chi connectivity index (χ0) is 10.1. The molecule has 0 aromatic carbocycles. The lowest BCUT2D eigenvalue weighted by atomic mass is 10.7. The quantitative estimate of drug-likeness (QED) is 0.264. The number of nitrogens with zero attached hydrogens (tertiary/aromatic N) is 1. The molecule has 74 valence electrons. The van der Waals surface area contributed by atoms with Crippen LogP contribution in [0.3, 0.4) is 0 Å². The molecule has 0 atom stereocenters. The van der Waals surface area contributed by atoms with Crippen molar-refractivity contribution in [3.05, 3.63) is 0 Å². The maximum absolute atomic E-state index is 10.7. The Labute approximate surface area is 74.4 Å². The molecule has 0 aliphatic heterocycles. The van der Waals surface area contributed by atoms with E-state index in [2.05, 4.69) is 17.1 Å². The Hall–Kier alpha value is -1.83. The van der Waals surface area contributed by atoms with Gasteiger partial charge in [-0.25, -0.2) is 25.9 Å². The zero-order valence-electron chi connectivity index (χ0n) is 6.83. The third-order valence-electron chi connectivity index (χ3n) is 0.868. The first-order valence-corrected chi connectivity index (χ1v) is 3.37. The minimum absolute atomic E-state index is 0.106. The lowest BCUT2D eigenvalue weighted by Crippen LogP contribution is -2.49. The number of hydrogen-bond donors (Lipinski definition) is 5. The number of nitrogens with one attached hydrogen (secondary N) is 4. The Morgan fingerprint density at radius 3 is 2.46 bits per heavy atom. The summed E-state index contributed by atoms with van der Waals surface area (Å²) in [6.45, 7) is 2.93. The van der Waals surface area contributed by atoms with Crippen molar-refractivity contribution >= 4 is 18.8 Å². The van der Waals surface area contributed by atoms with Gasteiger partial charge in [0.1, 0.15) is 0 Å². The highest BCUT2D eigenvalue weighted by Gasteiger charge is 2.00. The highest BCUT2D eigenvalue weighted by Crippen LogP contribution is 1.63. The van der Waals surface area contributed by atoms with Crippen LogP contribution < -0.4 is 21.6 Å². The van der Waals surface area contributed by atoms with E-state index >= 15 is 0 Å². The lowest BCUT2D eigenvalue weighted by molar-refractivity contribution is 0.221. The summed E-state index contributed by atoms with van der Waals surface area (Å²) in [6, 6.07) is -1.34. The molecule has 0 heterocycles. The number of carbonyl (C=O) groups is 2. The van der Waals surface area contributed by atoms with Crippen molar-refractivity contribution in [2.45, 2.75) is 0 Å². The number of hydrazone groups is 1. The summed E-state index contributed by atoms with van der Waals surface area (Å²) in [4.78, 5) is 21.3. The number of hydrazine groups is 1. The number of aliphatic hydroxyl groups is 1. The van der Waals surface area contributed by atoms with Crippen LogP contribution in [0.1, 0.15) is 0 Å². The summed E-state index contributed by atoms with van der Waals surface area (Å²) in [5, 5.41) is 13.6. The summed E-state index contributed by atoms with van der Waals surface area (Å²) in [6.07, 6.45) is 0. The predicted molar refractivity (Wildman–Crippen MR) is 44.8 cm³/mol. The van der Waals surface area contributed by atoms with Gasteiger partial charge in [-0.1, -0.05) is 0 Å². The molecule has 0 aromatic rings. The number of carbonyl (C=O) groups excluding carboxylic acids is 2. The topological polar surface area (TPSA) is 115 Å². The predicted octanol–water partition coefficient (Wildman–Crippen LogP) is -1.89. The summed E-state index contributed by atoms with van der Waals surface area (Å²) in [5.41, 5.74) is 5.88. The fourth-order valence-electron chi connectivity index (χ4n) is 0.427. The van der Waals surface area contributed by atoms with Gasteiger partial charge in [-0.05, 0) is 0 Å². The molecule has 8 heteroatoms. The van der Waals surface area contributed by atoms with E-state index in [1.807, 2.05) is 16.3 Å². The van der Waals surface area contributed by atoms with Crippen LogP contribution in [0, 0.1) is 0 Å². The minimum Gasteiger partial charge on any atom is -0.395 e. The standard InChI is InChI=1S/C5H11N5O3/c1-6-8-5(13)10-9-4(12)7-2-3-11/h11H,1-3H2,(H2,7,9,12)(H2,8,10,13). The van der Waals surface area contributed by atoms with Gasteiger partial charge in [0, 0.05) is 13.3 Å². The van der Waals surface area contributed by atoms with Gasteiger partial charge in [0.2, 0.25) is 0 Å². The van der Waals surface area contributed by atoms with E-state index in [0.29, 0.717) is 0 Å². The van der Waals surface area contributed by atoms with Crippen LogP contribution in [0.15, 0.2) is 5.10 Å². The van der Waals surface area contributed by atoms with Gasteiger partial charge in [-0.15, -0.1) is 0 Å². The summed E-state index contributed by atoms with van der Waals surface area (Å²) in [5.74, 6) is 0. The van der Waals surface area contributed by atoms with E-state index < -0.39 is 12.1 Å². The summed E-state index contributed by atoms with van der Waals surface area (Å²) in [7, 11) is 0. The minimum atomic E-state index is -0.714. The van der Waals surface area contributed by atoms with E-state index in [0.717, 1.165) is 0 Å². The van der Waals surface area contributed by atoms with Crippen LogP contribution >= 0.6 is 0 Å². The Balaban J connectivity index is 3.45. The first kappa shape index (κ1) is 11.2. The number of amides is 4. The normalized spacial score (nSPS) is 8.38. The SMILES string of the molecule is C=NNC(=O)NNC(=O)NCCO. The van der Waals surface area contributed by atoms with Gasteiger partial charge < -0.3 is 10.4 Å². The monoisotopic (exact) mass is 189 g/mol. The van der Waals surface area contributed by atoms with Crippen molar-refractivity contribution in [3.8, 4) is 0 Å². The van der Waals surface area contributed by atoms with Crippen molar-refractivity contribution < 1.29 is 14.7 Å². The third kappa shape index (κ3) is 6.56. The van der Waals surface area contributed by atoms with Crippen molar-refractivity contribution in [3.63, 3.8) is 0 Å². The molecule has 8 nitrogen and oxygen atoms in total. The molecule has 0 radical (unpaired) electrons. The molecular formula is C5H11N5O3. The smallest absolute Gasteiger partial charge is 0.353 e. The van der Waals surface area contributed by atoms with Crippen molar-refractivity contribution in [1.82, 2.24) is 21.6 Å². The molecule has 0 saturated carbocycles. The largest absolute Gasteiger partial charge is 0.395 e. The highest BCUT2D eigenvalue weighted by atomic mass is 16.3. The molecule has 5 N–H and O–H groups in total. The van der Waals surface area contributed by atoms with Crippen LogP contribution in [0.2, 0.25) is 0 Å². The number of rotatable bonds is 3. The van der Waals surface area contributed by atoms with Crippen molar-refractivity contribution in [2.75, 3.05) is 13.2 Å². The average molecular weight is 189 g/mol. The maximum atomic E-state index is 10.7. The van der Waals surface area contributed by atoms with Gasteiger partial charge >= 0.3 is 12.1 Å². The molecule has 0 rings (SSSR count). The molecule has 0 spiro atoms. The Morgan fingerprint density at radius 1 is 1.31 bits per heavy atom. The van der Waals surface area contributed by atoms with Crippen LogP contribution in [0.25, 0.3) is 0 Å². The van der Waals surface area contributed by atoms with Crippen LogP contribution in [0.5, 0.6) is 0 Å². The summed E-state index contributed by atoms with van der Waals surface area (Å²) < 4.78 is 0. The van der Waals surface area contributed by atoms with Crippen molar-refractivity contribution in [2.24, 2.45) is 5.10 Å². The molecule has 0 saturated heterocycles. The number of hydrogen-bond acceptors (Lipinski definition) is 4. The second-order valence-electron chi connectivity index (χ2n) is 1.83. The second kappa shape index (κ2) is 6.85.